The predicted molar refractivity (Wildman–Crippen MR) is 123 cm³/mol. The Hall–Kier alpha value is -3.59. The Kier molecular flexibility index (Phi) is 6.27. The second kappa shape index (κ2) is 9.27. The van der Waals surface area contributed by atoms with Gasteiger partial charge in [-0.05, 0) is 58.8 Å². The van der Waals surface area contributed by atoms with Gasteiger partial charge in [-0.2, -0.15) is 4.99 Å². The molecule has 0 aliphatic carbocycles. The summed E-state index contributed by atoms with van der Waals surface area (Å²) in [5.41, 5.74) is 0.743. The molecule has 2 aromatic carbocycles. The highest BCUT2D eigenvalue weighted by Crippen LogP contribution is 2.37. The molecule has 0 saturated heterocycles. The van der Waals surface area contributed by atoms with E-state index in [0.717, 1.165) is 5.75 Å². The monoisotopic (exact) mass is 497 g/mol. The summed E-state index contributed by atoms with van der Waals surface area (Å²) in [7, 11) is 1.53. The molecule has 0 aromatic heterocycles. The van der Waals surface area contributed by atoms with Gasteiger partial charge in [0.1, 0.15) is 24.7 Å². The Bertz CT molecular complexity index is 1160. The van der Waals surface area contributed by atoms with Crippen LogP contribution in [0.1, 0.15) is 12.5 Å². The van der Waals surface area contributed by atoms with E-state index in [-0.39, 0.29) is 11.4 Å². The molecule has 4 rings (SSSR count). The lowest BCUT2D eigenvalue weighted by Gasteiger charge is -2.23. The first-order valence-corrected chi connectivity index (χ1v) is 10.5. The van der Waals surface area contributed by atoms with Crippen molar-refractivity contribution in [3.63, 3.8) is 0 Å². The number of para-hydroxylation sites is 1. The Morgan fingerprint density at radius 1 is 1.19 bits per heavy atom. The number of amides is 1. The van der Waals surface area contributed by atoms with Crippen molar-refractivity contribution in [1.29, 1.82) is 5.41 Å². The second-order valence-corrected chi connectivity index (χ2v) is 7.72. The van der Waals surface area contributed by atoms with E-state index in [9.17, 15) is 4.79 Å². The number of fused-ring (bicyclic) bond motifs is 1. The summed E-state index contributed by atoms with van der Waals surface area (Å²) in [6.07, 6.45) is 3.17. The second-order valence-electron chi connectivity index (χ2n) is 6.87. The summed E-state index contributed by atoms with van der Waals surface area (Å²) in [5, 5.41) is 9.56. The first-order chi connectivity index (χ1) is 15.5. The van der Waals surface area contributed by atoms with Crippen molar-refractivity contribution in [2.75, 3.05) is 20.3 Å². The van der Waals surface area contributed by atoms with Gasteiger partial charge < -0.3 is 19.0 Å². The SMILES string of the molecule is COc1cc(/C=C2/C(=N)N3OC(C)=CC3=NC2=O)cc(Br)c1OCCOc1ccccc1. The third-order valence-corrected chi connectivity index (χ3v) is 5.17. The molecule has 2 aliphatic heterocycles. The molecule has 0 radical (unpaired) electrons. The Labute approximate surface area is 193 Å². The fraction of sp³-hybridized carbons (Fsp3) is 0.174. The van der Waals surface area contributed by atoms with Crippen LogP contribution in [0.25, 0.3) is 6.08 Å². The number of benzene rings is 2. The molecule has 2 aliphatic rings. The van der Waals surface area contributed by atoms with Gasteiger partial charge in [0.05, 0.1) is 17.2 Å². The molecule has 2 heterocycles. The third kappa shape index (κ3) is 4.52. The lowest BCUT2D eigenvalue weighted by molar-refractivity contribution is -0.114. The van der Waals surface area contributed by atoms with E-state index in [4.69, 9.17) is 24.5 Å². The Morgan fingerprint density at radius 2 is 1.94 bits per heavy atom. The lowest BCUT2D eigenvalue weighted by atomic mass is 10.1. The smallest absolute Gasteiger partial charge is 0.282 e. The van der Waals surface area contributed by atoms with Gasteiger partial charge >= 0.3 is 0 Å². The lowest BCUT2D eigenvalue weighted by Crippen LogP contribution is -2.38. The predicted octanol–water partition coefficient (Wildman–Crippen LogP) is 4.37. The minimum absolute atomic E-state index is 0.0819. The average molecular weight is 498 g/mol. The van der Waals surface area contributed by atoms with Crippen molar-refractivity contribution in [3.8, 4) is 17.2 Å². The van der Waals surface area contributed by atoms with E-state index >= 15 is 0 Å². The number of hydrogen-bond donors (Lipinski definition) is 1. The number of hydrogen-bond acceptors (Lipinski definition) is 6. The fourth-order valence-corrected chi connectivity index (χ4v) is 3.72. The number of allylic oxidation sites excluding steroid dienone is 1. The fourth-order valence-electron chi connectivity index (χ4n) is 3.15. The normalized spacial score (nSPS) is 16.3. The molecule has 0 bridgehead atoms. The average Bonchev–Trinajstić information content (AvgIpc) is 3.15. The zero-order valence-corrected chi connectivity index (χ0v) is 19.0. The van der Waals surface area contributed by atoms with Crippen molar-refractivity contribution in [2.24, 2.45) is 4.99 Å². The molecule has 2 aromatic rings. The number of aliphatic imine (C=N–C) groups is 1. The van der Waals surface area contributed by atoms with Gasteiger partial charge in [0.2, 0.25) is 0 Å². The number of ether oxygens (including phenoxy) is 3. The third-order valence-electron chi connectivity index (χ3n) is 4.58. The zero-order chi connectivity index (χ0) is 22.7. The van der Waals surface area contributed by atoms with Crippen LogP contribution in [-0.2, 0) is 9.63 Å². The summed E-state index contributed by atoms with van der Waals surface area (Å²) < 4.78 is 17.6. The minimum Gasteiger partial charge on any atom is -0.493 e. The summed E-state index contributed by atoms with van der Waals surface area (Å²) in [4.78, 5) is 21.9. The highest BCUT2D eigenvalue weighted by atomic mass is 79.9. The molecular formula is C23H20BrN3O5. The van der Waals surface area contributed by atoms with Gasteiger partial charge in [0.25, 0.3) is 5.91 Å². The maximum atomic E-state index is 12.5. The van der Waals surface area contributed by atoms with Gasteiger partial charge in [-0.15, -0.1) is 5.06 Å². The van der Waals surface area contributed by atoms with Crippen LogP contribution in [0.2, 0.25) is 0 Å². The molecule has 0 atom stereocenters. The Balaban J connectivity index is 1.49. The molecule has 0 unspecified atom stereocenters. The first-order valence-electron chi connectivity index (χ1n) is 9.74. The van der Waals surface area contributed by atoms with E-state index in [1.54, 1.807) is 31.2 Å². The van der Waals surface area contributed by atoms with Gasteiger partial charge in [-0.25, -0.2) is 0 Å². The van der Waals surface area contributed by atoms with E-state index in [1.807, 2.05) is 30.3 Å². The molecule has 0 saturated carbocycles. The highest BCUT2D eigenvalue weighted by molar-refractivity contribution is 9.10. The van der Waals surface area contributed by atoms with Gasteiger partial charge in [0, 0.05) is 6.08 Å². The first kappa shape index (κ1) is 21.6. The molecule has 164 valence electrons. The minimum atomic E-state index is -0.510. The van der Waals surface area contributed by atoms with Crippen LogP contribution >= 0.6 is 15.9 Å². The van der Waals surface area contributed by atoms with Gasteiger partial charge in [-0.1, -0.05) is 18.2 Å². The molecular weight excluding hydrogens is 478 g/mol. The number of halogens is 1. The summed E-state index contributed by atoms with van der Waals surface area (Å²) in [6.45, 7) is 2.40. The zero-order valence-electron chi connectivity index (χ0n) is 17.4. The molecule has 0 fully saturated rings. The van der Waals surface area contributed by atoms with Crippen LogP contribution in [0.15, 0.2) is 69.3 Å². The van der Waals surface area contributed by atoms with Crippen LogP contribution in [-0.4, -0.2) is 43.0 Å². The molecule has 1 N–H and O–H groups in total. The molecule has 32 heavy (non-hydrogen) atoms. The van der Waals surface area contributed by atoms with Crippen LogP contribution in [0, 0.1) is 5.41 Å². The van der Waals surface area contributed by atoms with E-state index in [0.29, 0.717) is 46.3 Å². The topological polar surface area (TPSA) is 93.4 Å². The number of nitrogens with zero attached hydrogens (tertiary/aromatic N) is 2. The summed E-state index contributed by atoms with van der Waals surface area (Å²) >= 11 is 3.50. The van der Waals surface area contributed by atoms with Crippen LogP contribution in [0.5, 0.6) is 17.2 Å². The van der Waals surface area contributed by atoms with Gasteiger partial charge in [-0.3, -0.25) is 10.2 Å². The maximum absolute atomic E-state index is 12.5. The molecule has 8 nitrogen and oxygen atoms in total. The quantitative estimate of drug-likeness (QED) is 0.451. The van der Waals surface area contributed by atoms with Crippen molar-refractivity contribution < 1.29 is 23.8 Å². The standard InChI is InChI=1S/C23H20BrN3O5/c1-14-10-20-26-23(28)17(22(25)27(20)32-14)11-15-12-18(24)21(19(13-15)29-2)31-9-8-30-16-6-4-3-5-7-16/h3-7,10-13,25H,8-9H2,1-2H3/b17-11-,25-22?. The number of methoxy groups -OCH3 is 1. The summed E-state index contributed by atoms with van der Waals surface area (Å²) in [6, 6.07) is 13.0. The van der Waals surface area contributed by atoms with Crippen LogP contribution < -0.4 is 14.2 Å². The van der Waals surface area contributed by atoms with Crippen molar-refractivity contribution >= 4 is 39.6 Å². The highest BCUT2D eigenvalue weighted by Gasteiger charge is 2.34. The number of carbonyl (C=O) groups is 1. The summed E-state index contributed by atoms with van der Waals surface area (Å²) in [5.74, 6) is 2.02. The molecule has 1 amide bonds. The molecule has 0 spiro atoms. The number of nitrogens with one attached hydrogen (secondary N) is 1. The van der Waals surface area contributed by atoms with Crippen LogP contribution in [0.4, 0.5) is 0 Å². The number of amidine groups is 2. The molecule has 9 heteroatoms. The van der Waals surface area contributed by atoms with Crippen molar-refractivity contribution in [2.45, 2.75) is 6.92 Å². The van der Waals surface area contributed by atoms with E-state index in [2.05, 4.69) is 20.9 Å². The van der Waals surface area contributed by atoms with E-state index < -0.39 is 5.91 Å². The van der Waals surface area contributed by atoms with Crippen molar-refractivity contribution in [3.05, 3.63) is 69.9 Å². The number of carbonyl (C=O) groups excluding carboxylic acids is 1. The maximum Gasteiger partial charge on any atom is 0.282 e. The van der Waals surface area contributed by atoms with E-state index in [1.165, 1.54) is 12.2 Å². The van der Waals surface area contributed by atoms with Crippen molar-refractivity contribution in [1.82, 2.24) is 5.06 Å². The Morgan fingerprint density at radius 3 is 2.69 bits per heavy atom. The largest absolute Gasteiger partial charge is 0.493 e. The number of hydroxylamine groups is 2. The van der Waals surface area contributed by atoms with Gasteiger partial charge in [0.15, 0.2) is 23.2 Å². The van der Waals surface area contributed by atoms with Crippen LogP contribution in [0.3, 0.4) is 0 Å². The number of rotatable bonds is 7.